The summed E-state index contributed by atoms with van der Waals surface area (Å²) in [6.07, 6.45) is 0. The topological polar surface area (TPSA) is 101 Å². The van der Waals surface area contributed by atoms with Gasteiger partial charge in [0.25, 0.3) is 5.91 Å². The molecule has 0 saturated heterocycles. The third-order valence-corrected chi connectivity index (χ3v) is 7.12. The fourth-order valence-electron chi connectivity index (χ4n) is 2.94. The highest BCUT2D eigenvalue weighted by Crippen LogP contribution is 2.28. The van der Waals surface area contributed by atoms with Crippen LogP contribution in [0.1, 0.15) is 24.2 Å². The lowest BCUT2D eigenvalue weighted by molar-refractivity contribution is 0.102. The second-order valence-electron chi connectivity index (χ2n) is 6.28. The average molecular weight is 447 g/mol. The Hall–Kier alpha value is -2.82. The molecule has 0 fully saturated rings. The van der Waals surface area contributed by atoms with E-state index in [1.165, 1.54) is 41.1 Å². The highest BCUT2D eigenvalue weighted by molar-refractivity contribution is 7.89. The van der Waals surface area contributed by atoms with Gasteiger partial charge in [-0.3, -0.25) is 4.79 Å². The van der Waals surface area contributed by atoms with Crippen LogP contribution < -0.4 is 10.1 Å². The lowest BCUT2D eigenvalue weighted by Gasteiger charge is -2.20. The largest absolute Gasteiger partial charge is 0.495 e. The third kappa shape index (κ3) is 4.50. The number of benzene rings is 2. The molecule has 0 bridgehead atoms. The van der Waals surface area contributed by atoms with Gasteiger partial charge in [0.05, 0.1) is 7.11 Å². The fraction of sp³-hybridized carbons (Fsp3) is 0.250. The maximum Gasteiger partial charge on any atom is 0.255 e. The van der Waals surface area contributed by atoms with Gasteiger partial charge in [0, 0.05) is 35.3 Å². The van der Waals surface area contributed by atoms with Crippen LogP contribution in [-0.2, 0) is 10.0 Å². The van der Waals surface area contributed by atoms with Crippen LogP contribution in [-0.4, -0.2) is 48.4 Å². The molecular formula is C20H22N4O4S2. The molecule has 0 aliphatic carbocycles. The third-order valence-electron chi connectivity index (χ3n) is 4.55. The standard InChI is InChI=1S/C20H22N4O4S2/c1-4-24(5-2)30(26,27)19-12-15(8-11-18(19)28-3)20(25)21-16-9-6-14(7-10-16)17-13-29-23-22-17/h6-13H,4-5H2,1-3H3,(H,21,25). The Balaban J connectivity index is 1.86. The average Bonchev–Trinajstić information content (AvgIpc) is 3.29. The Morgan fingerprint density at radius 1 is 1.13 bits per heavy atom. The molecule has 1 N–H and O–H groups in total. The number of anilines is 1. The molecule has 8 nitrogen and oxygen atoms in total. The zero-order valence-corrected chi connectivity index (χ0v) is 18.5. The summed E-state index contributed by atoms with van der Waals surface area (Å²) in [5.41, 5.74) is 2.45. The van der Waals surface area contributed by atoms with Crippen LogP contribution >= 0.6 is 11.5 Å². The van der Waals surface area contributed by atoms with E-state index >= 15 is 0 Å². The molecule has 0 spiro atoms. The molecule has 0 aliphatic heterocycles. The molecule has 3 rings (SSSR count). The zero-order chi connectivity index (χ0) is 21.7. The second-order valence-corrected chi connectivity index (χ2v) is 8.79. The van der Waals surface area contributed by atoms with E-state index < -0.39 is 15.9 Å². The molecule has 0 unspecified atom stereocenters. The summed E-state index contributed by atoms with van der Waals surface area (Å²) in [6, 6.07) is 11.5. The predicted octanol–water partition coefficient (Wildman–Crippen LogP) is 3.50. The molecule has 10 heteroatoms. The van der Waals surface area contributed by atoms with Crippen molar-refractivity contribution in [2.24, 2.45) is 0 Å². The Morgan fingerprint density at radius 3 is 2.40 bits per heavy atom. The van der Waals surface area contributed by atoms with Crippen molar-refractivity contribution in [3.8, 4) is 17.0 Å². The Labute approximate surface area is 179 Å². The monoisotopic (exact) mass is 446 g/mol. The van der Waals surface area contributed by atoms with E-state index in [-0.39, 0.29) is 16.2 Å². The summed E-state index contributed by atoms with van der Waals surface area (Å²) >= 11 is 1.26. The molecule has 1 heterocycles. The normalized spacial score (nSPS) is 11.5. The van der Waals surface area contributed by atoms with Crippen LogP contribution in [0.3, 0.4) is 0 Å². The number of hydrogen-bond donors (Lipinski definition) is 1. The predicted molar refractivity (Wildman–Crippen MR) is 116 cm³/mol. The lowest BCUT2D eigenvalue weighted by Crippen LogP contribution is -2.31. The number of amides is 1. The van der Waals surface area contributed by atoms with Crippen molar-refractivity contribution in [1.29, 1.82) is 0 Å². The minimum atomic E-state index is -3.79. The van der Waals surface area contributed by atoms with E-state index in [1.807, 2.05) is 17.5 Å². The molecular weight excluding hydrogens is 424 g/mol. The van der Waals surface area contributed by atoms with Crippen molar-refractivity contribution in [2.45, 2.75) is 18.7 Å². The Bertz CT molecular complexity index is 1110. The van der Waals surface area contributed by atoms with Crippen LogP contribution in [0.5, 0.6) is 5.75 Å². The highest BCUT2D eigenvalue weighted by Gasteiger charge is 2.26. The number of carbonyl (C=O) groups excluding carboxylic acids is 1. The number of ether oxygens (including phenoxy) is 1. The van der Waals surface area contributed by atoms with Gasteiger partial charge in [-0.2, -0.15) is 4.31 Å². The van der Waals surface area contributed by atoms with E-state index in [0.717, 1.165) is 11.3 Å². The SMILES string of the molecule is CCN(CC)S(=O)(=O)c1cc(C(=O)Nc2ccc(-c3csnn3)cc2)ccc1OC. The fourth-order valence-corrected chi connectivity index (χ4v) is 5.04. The molecule has 0 aliphatic rings. The molecule has 1 amide bonds. The van der Waals surface area contributed by atoms with Crippen molar-refractivity contribution in [3.05, 3.63) is 53.4 Å². The summed E-state index contributed by atoms with van der Waals surface area (Å²) in [4.78, 5) is 12.7. The molecule has 0 atom stereocenters. The molecule has 0 saturated carbocycles. The van der Waals surface area contributed by atoms with Gasteiger partial charge in [-0.05, 0) is 41.9 Å². The van der Waals surface area contributed by atoms with Gasteiger partial charge in [-0.1, -0.05) is 30.5 Å². The maximum atomic E-state index is 13.0. The molecule has 3 aromatic rings. The van der Waals surface area contributed by atoms with Crippen LogP contribution in [0.15, 0.2) is 52.7 Å². The molecule has 158 valence electrons. The number of methoxy groups -OCH3 is 1. The smallest absolute Gasteiger partial charge is 0.255 e. The lowest BCUT2D eigenvalue weighted by atomic mass is 10.1. The number of nitrogens with one attached hydrogen (secondary N) is 1. The summed E-state index contributed by atoms with van der Waals surface area (Å²) in [6.45, 7) is 4.16. The van der Waals surface area contributed by atoms with Crippen molar-refractivity contribution >= 4 is 33.2 Å². The number of rotatable bonds is 8. The van der Waals surface area contributed by atoms with Gasteiger partial charge < -0.3 is 10.1 Å². The first-order valence-corrected chi connectivity index (χ1v) is 11.5. The van der Waals surface area contributed by atoms with Crippen LogP contribution in [0.25, 0.3) is 11.3 Å². The maximum absolute atomic E-state index is 13.0. The highest BCUT2D eigenvalue weighted by atomic mass is 32.2. The van der Waals surface area contributed by atoms with Crippen LogP contribution in [0.2, 0.25) is 0 Å². The zero-order valence-electron chi connectivity index (χ0n) is 16.8. The van der Waals surface area contributed by atoms with E-state index in [1.54, 1.807) is 26.0 Å². The number of sulfonamides is 1. The van der Waals surface area contributed by atoms with E-state index in [9.17, 15) is 13.2 Å². The van der Waals surface area contributed by atoms with Gasteiger partial charge in [-0.25, -0.2) is 8.42 Å². The summed E-state index contributed by atoms with van der Waals surface area (Å²) in [5.74, 6) is -0.226. The van der Waals surface area contributed by atoms with Gasteiger partial charge in [0.2, 0.25) is 10.0 Å². The van der Waals surface area contributed by atoms with Gasteiger partial charge in [-0.15, -0.1) is 5.10 Å². The molecule has 2 aromatic carbocycles. The minimum Gasteiger partial charge on any atom is -0.495 e. The van der Waals surface area contributed by atoms with Gasteiger partial charge in [0.15, 0.2) is 0 Å². The first-order chi connectivity index (χ1) is 14.4. The Kier molecular flexibility index (Phi) is 6.80. The molecule has 0 radical (unpaired) electrons. The Morgan fingerprint density at radius 2 is 1.83 bits per heavy atom. The molecule has 30 heavy (non-hydrogen) atoms. The van der Waals surface area contributed by atoms with Crippen LogP contribution in [0, 0.1) is 0 Å². The number of carbonyl (C=O) groups is 1. The number of nitrogens with zero attached hydrogens (tertiary/aromatic N) is 3. The van der Waals surface area contributed by atoms with Crippen molar-refractivity contribution in [1.82, 2.24) is 13.9 Å². The van der Waals surface area contributed by atoms with Gasteiger partial charge >= 0.3 is 0 Å². The van der Waals surface area contributed by atoms with Crippen LogP contribution in [0.4, 0.5) is 5.69 Å². The van der Waals surface area contributed by atoms with Crippen molar-refractivity contribution < 1.29 is 17.9 Å². The summed E-state index contributed by atoms with van der Waals surface area (Å²) in [7, 11) is -2.39. The summed E-state index contributed by atoms with van der Waals surface area (Å²) < 4.78 is 36.3. The quantitative estimate of drug-likeness (QED) is 0.568. The van der Waals surface area contributed by atoms with E-state index in [4.69, 9.17) is 4.74 Å². The van der Waals surface area contributed by atoms with Crippen molar-refractivity contribution in [3.63, 3.8) is 0 Å². The summed E-state index contributed by atoms with van der Waals surface area (Å²) in [5, 5.41) is 8.63. The van der Waals surface area contributed by atoms with E-state index in [0.29, 0.717) is 18.8 Å². The number of aromatic nitrogens is 2. The second kappa shape index (κ2) is 9.33. The first kappa shape index (κ1) is 21.9. The minimum absolute atomic E-state index is 0.0345. The van der Waals surface area contributed by atoms with E-state index in [2.05, 4.69) is 14.9 Å². The number of hydrogen-bond acceptors (Lipinski definition) is 7. The van der Waals surface area contributed by atoms with Gasteiger partial charge in [0.1, 0.15) is 16.3 Å². The first-order valence-electron chi connectivity index (χ1n) is 9.27. The van der Waals surface area contributed by atoms with Crippen molar-refractivity contribution in [2.75, 3.05) is 25.5 Å². The molecule has 1 aromatic heterocycles.